The molecule has 0 radical (unpaired) electrons. The van der Waals surface area contributed by atoms with Crippen molar-refractivity contribution in [2.75, 3.05) is 5.32 Å². The molecule has 1 N–H and O–H groups in total. The third-order valence-electron chi connectivity index (χ3n) is 2.35. The van der Waals surface area contributed by atoms with E-state index in [0.717, 1.165) is 6.07 Å². The maximum absolute atomic E-state index is 13.2. The third-order valence-corrected chi connectivity index (χ3v) is 3.97. The van der Waals surface area contributed by atoms with Crippen LogP contribution in [-0.4, -0.2) is 5.91 Å². The van der Waals surface area contributed by atoms with E-state index >= 15 is 0 Å². The smallest absolute Gasteiger partial charge is 0.256 e. The number of amides is 1. The molecule has 0 atom stereocenters. The van der Waals surface area contributed by atoms with E-state index in [1.165, 1.54) is 12.1 Å². The minimum atomic E-state index is -0.474. The van der Waals surface area contributed by atoms with Crippen molar-refractivity contribution in [3.05, 3.63) is 61.7 Å². The van der Waals surface area contributed by atoms with E-state index in [1.54, 1.807) is 18.2 Å². The summed E-state index contributed by atoms with van der Waals surface area (Å²) < 4.78 is 14.4. The number of carbonyl (C=O) groups is 1. The van der Waals surface area contributed by atoms with Crippen molar-refractivity contribution in [2.24, 2.45) is 0 Å². The second-order valence-corrected chi connectivity index (χ2v) is 5.85. The summed E-state index contributed by atoms with van der Waals surface area (Å²) in [6.45, 7) is 0. The molecule has 0 aliphatic heterocycles. The van der Waals surface area contributed by atoms with E-state index in [2.05, 4.69) is 37.2 Å². The van der Waals surface area contributed by atoms with Gasteiger partial charge in [-0.05, 0) is 68.3 Å². The molecule has 1 amide bonds. The van der Waals surface area contributed by atoms with Crippen molar-refractivity contribution in [3.63, 3.8) is 0 Å². The average molecular weight is 407 g/mol. The monoisotopic (exact) mass is 405 g/mol. The Kier molecular flexibility index (Phi) is 4.60. The van der Waals surface area contributed by atoms with Crippen LogP contribution >= 0.6 is 43.5 Å². The maximum Gasteiger partial charge on any atom is 0.256 e. The zero-order valence-electron chi connectivity index (χ0n) is 9.38. The molecule has 6 heteroatoms. The standard InChI is InChI=1S/C13H7Br2ClFNO/c14-10-4-2-8(17)6-9(10)13(19)18-12-5-7(16)1-3-11(12)15/h1-6H,(H,18,19). The normalized spacial score (nSPS) is 10.3. The van der Waals surface area contributed by atoms with Gasteiger partial charge in [-0.2, -0.15) is 0 Å². The molecular weight excluding hydrogens is 400 g/mol. The van der Waals surface area contributed by atoms with Crippen LogP contribution in [0.2, 0.25) is 5.02 Å². The average Bonchev–Trinajstić information content (AvgIpc) is 2.36. The van der Waals surface area contributed by atoms with Crippen molar-refractivity contribution >= 4 is 55.1 Å². The summed E-state index contributed by atoms with van der Waals surface area (Å²) in [6, 6.07) is 8.94. The number of anilines is 1. The lowest BCUT2D eigenvalue weighted by atomic mass is 10.2. The van der Waals surface area contributed by atoms with Gasteiger partial charge in [-0.15, -0.1) is 0 Å². The number of hydrogen-bond donors (Lipinski definition) is 1. The van der Waals surface area contributed by atoms with Gasteiger partial charge in [-0.25, -0.2) is 4.39 Å². The maximum atomic E-state index is 13.2. The van der Waals surface area contributed by atoms with Crippen molar-refractivity contribution in [3.8, 4) is 0 Å². The molecule has 0 aliphatic rings. The molecule has 0 bridgehead atoms. The molecule has 0 saturated carbocycles. The minimum Gasteiger partial charge on any atom is -0.321 e. The molecule has 0 aromatic heterocycles. The number of carbonyl (C=O) groups excluding carboxylic acids is 1. The number of rotatable bonds is 2. The van der Waals surface area contributed by atoms with Crippen LogP contribution in [0.5, 0.6) is 0 Å². The number of nitrogens with one attached hydrogen (secondary N) is 1. The van der Waals surface area contributed by atoms with Crippen molar-refractivity contribution < 1.29 is 9.18 Å². The van der Waals surface area contributed by atoms with E-state index in [1.807, 2.05) is 0 Å². The van der Waals surface area contributed by atoms with E-state index in [9.17, 15) is 9.18 Å². The lowest BCUT2D eigenvalue weighted by Gasteiger charge is -2.09. The predicted octanol–water partition coefficient (Wildman–Crippen LogP) is 5.26. The van der Waals surface area contributed by atoms with Crippen LogP contribution in [0.3, 0.4) is 0 Å². The van der Waals surface area contributed by atoms with Crippen molar-refractivity contribution in [2.45, 2.75) is 0 Å². The Balaban J connectivity index is 2.30. The van der Waals surface area contributed by atoms with Crippen LogP contribution in [-0.2, 0) is 0 Å². The van der Waals surface area contributed by atoms with Crippen LogP contribution in [0.4, 0.5) is 10.1 Å². The first-order valence-corrected chi connectivity index (χ1v) is 7.15. The largest absolute Gasteiger partial charge is 0.321 e. The topological polar surface area (TPSA) is 29.1 Å². The second-order valence-electron chi connectivity index (χ2n) is 3.70. The fourth-order valence-corrected chi connectivity index (χ4v) is 2.40. The Bertz CT molecular complexity index is 649. The molecule has 0 unspecified atom stereocenters. The van der Waals surface area contributed by atoms with Crippen LogP contribution in [0.1, 0.15) is 10.4 Å². The molecule has 2 rings (SSSR count). The van der Waals surface area contributed by atoms with Gasteiger partial charge >= 0.3 is 0 Å². The Morgan fingerprint density at radius 2 is 1.79 bits per heavy atom. The van der Waals surface area contributed by atoms with Crippen LogP contribution in [0, 0.1) is 5.82 Å². The molecule has 19 heavy (non-hydrogen) atoms. The highest BCUT2D eigenvalue weighted by Crippen LogP contribution is 2.27. The summed E-state index contributed by atoms with van der Waals surface area (Å²) in [5.41, 5.74) is 0.737. The first kappa shape index (κ1) is 14.5. The number of hydrogen-bond acceptors (Lipinski definition) is 1. The summed E-state index contributed by atoms with van der Waals surface area (Å²) in [5.74, 6) is -0.896. The van der Waals surface area contributed by atoms with Gasteiger partial charge in [0.15, 0.2) is 0 Å². The van der Waals surface area contributed by atoms with Gasteiger partial charge in [0.1, 0.15) is 5.82 Å². The lowest BCUT2D eigenvalue weighted by Crippen LogP contribution is -2.13. The molecule has 0 spiro atoms. The second kappa shape index (κ2) is 6.03. The first-order valence-electron chi connectivity index (χ1n) is 5.19. The minimum absolute atomic E-state index is 0.215. The summed E-state index contributed by atoms with van der Waals surface area (Å²) in [6.07, 6.45) is 0. The Morgan fingerprint density at radius 3 is 2.53 bits per heavy atom. The molecule has 0 saturated heterocycles. The van der Waals surface area contributed by atoms with Gasteiger partial charge < -0.3 is 5.32 Å². The SMILES string of the molecule is O=C(Nc1cc(Cl)ccc1Br)c1cc(F)ccc1Br. The van der Waals surface area contributed by atoms with Crippen molar-refractivity contribution in [1.29, 1.82) is 0 Å². The highest BCUT2D eigenvalue weighted by molar-refractivity contribution is 9.11. The van der Waals surface area contributed by atoms with Gasteiger partial charge in [0.05, 0.1) is 11.3 Å². The summed E-state index contributed by atoms with van der Waals surface area (Å²) in [5, 5.41) is 3.17. The van der Waals surface area contributed by atoms with Crippen LogP contribution in [0.15, 0.2) is 45.3 Å². The molecule has 2 aromatic carbocycles. The number of halogens is 4. The third kappa shape index (κ3) is 3.55. The van der Waals surface area contributed by atoms with E-state index in [-0.39, 0.29) is 5.56 Å². The van der Waals surface area contributed by atoms with Gasteiger partial charge in [0.2, 0.25) is 0 Å². The van der Waals surface area contributed by atoms with Gasteiger partial charge in [0.25, 0.3) is 5.91 Å². The Hall–Kier alpha value is -0.910. The molecule has 2 aromatic rings. The highest BCUT2D eigenvalue weighted by Gasteiger charge is 2.13. The van der Waals surface area contributed by atoms with Crippen LogP contribution < -0.4 is 5.32 Å². The summed E-state index contributed by atoms with van der Waals surface area (Å²) in [7, 11) is 0. The number of benzene rings is 2. The highest BCUT2D eigenvalue weighted by atomic mass is 79.9. The zero-order chi connectivity index (χ0) is 14.0. The van der Waals surface area contributed by atoms with Gasteiger partial charge in [-0.1, -0.05) is 11.6 Å². The van der Waals surface area contributed by atoms with Crippen molar-refractivity contribution in [1.82, 2.24) is 0 Å². The fourth-order valence-electron chi connectivity index (χ4n) is 1.45. The zero-order valence-corrected chi connectivity index (χ0v) is 13.3. The van der Waals surface area contributed by atoms with Gasteiger partial charge in [0, 0.05) is 14.0 Å². The molecule has 98 valence electrons. The molecular formula is C13H7Br2ClFNO. The molecule has 2 nitrogen and oxygen atoms in total. The molecule has 0 heterocycles. The van der Waals surface area contributed by atoms with Gasteiger partial charge in [-0.3, -0.25) is 4.79 Å². The molecule has 0 fully saturated rings. The molecule has 0 aliphatic carbocycles. The van der Waals surface area contributed by atoms with E-state index in [0.29, 0.717) is 19.7 Å². The van der Waals surface area contributed by atoms with Crippen LogP contribution in [0.25, 0.3) is 0 Å². The fraction of sp³-hybridized carbons (Fsp3) is 0. The summed E-state index contributed by atoms with van der Waals surface area (Å²) in [4.78, 5) is 12.1. The Labute approximate surface area is 131 Å². The van der Waals surface area contributed by atoms with E-state index in [4.69, 9.17) is 11.6 Å². The lowest BCUT2D eigenvalue weighted by molar-refractivity contribution is 0.102. The first-order chi connectivity index (χ1) is 8.97. The summed E-state index contributed by atoms with van der Waals surface area (Å²) >= 11 is 12.4. The quantitative estimate of drug-likeness (QED) is 0.723. The van der Waals surface area contributed by atoms with E-state index < -0.39 is 11.7 Å². The Morgan fingerprint density at radius 1 is 1.11 bits per heavy atom. The predicted molar refractivity (Wildman–Crippen MR) is 81.2 cm³/mol.